The maximum atomic E-state index is 11.4. The van der Waals surface area contributed by atoms with Crippen LogP contribution in [0.5, 0.6) is 0 Å². The molecule has 2 N–H and O–H groups in total. The fraction of sp³-hybridized carbons (Fsp3) is 0.231. The van der Waals surface area contributed by atoms with Crippen molar-refractivity contribution >= 4 is 44.7 Å². The second-order valence-corrected chi connectivity index (χ2v) is 5.00. The summed E-state index contributed by atoms with van der Waals surface area (Å²) < 4.78 is 0.879. The lowest BCUT2D eigenvalue weighted by Crippen LogP contribution is -2.14. The topological polar surface area (TPSA) is 55.4 Å². The lowest BCUT2D eigenvalue weighted by Gasteiger charge is -2.07. The van der Waals surface area contributed by atoms with Crippen LogP contribution in [0.3, 0.4) is 0 Å². The third-order valence-electron chi connectivity index (χ3n) is 2.28. The molecule has 0 saturated carbocycles. The Bertz CT molecular complexity index is 524. The number of aryl methyl sites for hydroxylation is 1. The molecule has 0 spiro atoms. The van der Waals surface area contributed by atoms with Crippen LogP contribution in [-0.2, 0) is 4.79 Å². The first-order valence-corrected chi connectivity index (χ1v) is 6.63. The third kappa shape index (κ3) is 3.68. The van der Waals surface area contributed by atoms with Gasteiger partial charge in [-0.15, -0.1) is 0 Å². The van der Waals surface area contributed by atoms with Crippen LogP contribution in [0, 0.1) is 6.92 Å². The minimum Gasteiger partial charge on any atom is -0.364 e. The first-order valence-electron chi connectivity index (χ1n) is 5.46. The van der Waals surface area contributed by atoms with Crippen molar-refractivity contribution in [1.29, 1.82) is 0 Å². The Morgan fingerprint density at radius 1 is 1.56 bits per heavy atom. The molecule has 0 heterocycles. The number of aliphatic imine (C=N–C) groups is 1. The van der Waals surface area contributed by atoms with Crippen molar-refractivity contribution in [2.75, 3.05) is 0 Å². The van der Waals surface area contributed by atoms with E-state index in [4.69, 9.17) is 17.3 Å². The normalized spacial score (nSPS) is 12.7. The van der Waals surface area contributed by atoms with Crippen LogP contribution in [0.15, 0.2) is 33.4 Å². The van der Waals surface area contributed by atoms with Gasteiger partial charge in [0.25, 0.3) is 5.91 Å². The second kappa shape index (κ2) is 6.71. The van der Waals surface area contributed by atoms with E-state index in [2.05, 4.69) is 20.9 Å². The summed E-state index contributed by atoms with van der Waals surface area (Å²) in [5, 5.41) is 0.269. The molecule has 0 fully saturated rings. The van der Waals surface area contributed by atoms with Gasteiger partial charge in [0.15, 0.2) is 0 Å². The number of amides is 1. The largest absolute Gasteiger partial charge is 0.364 e. The molecule has 1 amide bonds. The minimum absolute atomic E-state index is 0.0831. The molecule has 5 heteroatoms. The van der Waals surface area contributed by atoms with Crippen molar-refractivity contribution in [2.45, 2.75) is 20.3 Å². The van der Waals surface area contributed by atoms with E-state index in [0.29, 0.717) is 6.42 Å². The summed E-state index contributed by atoms with van der Waals surface area (Å²) in [7, 11) is 0. The summed E-state index contributed by atoms with van der Waals surface area (Å²) >= 11 is 9.59. The molecule has 0 aliphatic rings. The monoisotopic (exact) mass is 328 g/mol. The van der Waals surface area contributed by atoms with E-state index in [1.165, 1.54) is 0 Å². The highest BCUT2D eigenvalue weighted by atomic mass is 79.9. The number of carbonyl (C=O) groups is 1. The average Bonchev–Trinajstić information content (AvgIpc) is 2.32. The van der Waals surface area contributed by atoms with Crippen LogP contribution in [0.25, 0.3) is 5.03 Å². The van der Waals surface area contributed by atoms with Crippen LogP contribution in [0.4, 0.5) is 0 Å². The van der Waals surface area contributed by atoms with Gasteiger partial charge in [-0.3, -0.25) is 9.79 Å². The predicted octanol–water partition coefficient (Wildman–Crippen LogP) is 3.63. The molecule has 96 valence electrons. The zero-order chi connectivity index (χ0) is 13.7. The molecule has 0 atom stereocenters. The first-order chi connectivity index (χ1) is 8.47. The van der Waals surface area contributed by atoms with E-state index in [1.807, 2.05) is 32.0 Å². The standard InChI is InChI=1S/C13H14BrClN2O/c1-3-6-17-12(13(16)18)11(15)10-7-9(14)5-4-8(10)2/h4-7H,3H2,1-2H3,(H2,16,18)/b12-11+,17-6?. The summed E-state index contributed by atoms with van der Waals surface area (Å²) in [6, 6.07) is 5.65. The molecule has 1 rings (SSSR count). The molecule has 0 aromatic heterocycles. The third-order valence-corrected chi connectivity index (χ3v) is 3.16. The molecule has 3 nitrogen and oxygen atoms in total. The van der Waals surface area contributed by atoms with Gasteiger partial charge in [-0.2, -0.15) is 0 Å². The number of nitrogens with two attached hydrogens (primary N) is 1. The molecule has 18 heavy (non-hydrogen) atoms. The van der Waals surface area contributed by atoms with Crippen LogP contribution < -0.4 is 5.73 Å². The van der Waals surface area contributed by atoms with Crippen molar-refractivity contribution in [3.05, 3.63) is 39.5 Å². The van der Waals surface area contributed by atoms with Gasteiger partial charge in [0.05, 0.1) is 5.03 Å². The smallest absolute Gasteiger partial charge is 0.268 e. The van der Waals surface area contributed by atoms with Gasteiger partial charge >= 0.3 is 0 Å². The van der Waals surface area contributed by atoms with E-state index in [1.54, 1.807) is 6.21 Å². The maximum absolute atomic E-state index is 11.4. The summed E-state index contributed by atoms with van der Waals surface area (Å²) in [4.78, 5) is 15.4. The maximum Gasteiger partial charge on any atom is 0.268 e. The van der Waals surface area contributed by atoms with E-state index < -0.39 is 5.91 Å². The molecule has 0 saturated heterocycles. The number of benzene rings is 1. The van der Waals surface area contributed by atoms with Gasteiger partial charge in [0.2, 0.25) is 0 Å². The highest BCUT2D eigenvalue weighted by Crippen LogP contribution is 2.29. The van der Waals surface area contributed by atoms with Crippen molar-refractivity contribution in [2.24, 2.45) is 10.7 Å². The molecule has 0 radical (unpaired) electrons. The molecule has 0 bridgehead atoms. The number of hydrogen-bond acceptors (Lipinski definition) is 2. The Balaban J connectivity index is 3.38. The lowest BCUT2D eigenvalue weighted by molar-refractivity contribution is -0.114. The van der Waals surface area contributed by atoms with Crippen molar-refractivity contribution < 1.29 is 4.79 Å². The molecule has 0 aliphatic carbocycles. The number of primary amides is 1. The van der Waals surface area contributed by atoms with E-state index >= 15 is 0 Å². The highest BCUT2D eigenvalue weighted by Gasteiger charge is 2.13. The summed E-state index contributed by atoms with van der Waals surface area (Å²) in [6.07, 6.45) is 2.31. The Hall–Kier alpha value is -1.13. The first kappa shape index (κ1) is 14.9. The van der Waals surface area contributed by atoms with Crippen molar-refractivity contribution in [3.63, 3.8) is 0 Å². The van der Waals surface area contributed by atoms with E-state index in [-0.39, 0.29) is 10.7 Å². The van der Waals surface area contributed by atoms with Gasteiger partial charge < -0.3 is 5.73 Å². The lowest BCUT2D eigenvalue weighted by atomic mass is 10.1. The zero-order valence-electron chi connectivity index (χ0n) is 10.2. The Labute approximate surface area is 120 Å². The van der Waals surface area contributed by atoms with Crippen LogP contribution in [0.2, 0.25) is 0 Å². The fourth-order valence-corrected chi connectivity index (χ4v) is 2.08. The Morgan fingerprint density at radius 3 is 2.78 bits per heavy atom. The van der Waals surface area contributed by atoms with Gasteiger partial charge in [-0.05, 0) is 36.6 Å². The molecule has 0 unspecified atom stereocenters. The van der Waals surface area contributed by atoms with Crippen LogP contribution in [0.1, 0.15) is 24.5 Å². The van der Waals surface area contributed by atoms with E-state index in [9.17, 15) is 4.79 Å². The Kier molecular flexibility index (Phi) is 5.56. The second-order valence-electron chi connectivity index (χ2n) is 3.71. The number of carbonyl (C=O) groups excluding carboxylic acids is 1. The van der Waals surface area contributed by atoms with Crippen LogP contribution in [-0.4, -0.2) is 12.1 Å². The quantitative estimate of drug-likeness (QED) is 0.665. The summed E-state index contributed by atoms with van der Waals surface area (Å²) in [5.41, 5.74) is 7.08. The van der Waals surface area contributed by atoms with E-state index in [0.717, 1.165) is 15.6 Å². The van der Waals surface area contributed by atoms with Crippen LogP contribution >= 0.6 is 27.5 Å². The fourth-order valence-electron chi connectivity index (χ4n) is 1.37. The number of rotatable bonds is 4. The average molecular weight is 330 g/mol. The molecule has 0 aliphatic heterocycles. The van der Waals surface area contributed by atoms with Crippen molar-refractivity contribution in [3.8, 4) is 0 Å². The van der Waals surface area contributed by atoms with Gasteiger partial charge in [0.1, 0.15) is 5.70 Å². The van der Waals surface area contributed by atoms with Gasteiger partial charge in [-0.25, -0.2) is 0 Å². The zero-order valence-corrected chi connectivity index (χ0v) is 12.5. The Morgan fingerprint density at radius 2 is 2.22 bits per heavy atom. The summed E-state index contributed by atoms with van der Waals surface area (Å²) in [5.74, 6) is -0.635. The number of nitrogens with zero attached hydrogens (tertiary/aromatic N) is 1. The molecular weight excluding hydrogens is 316 g/mol. The number of halogens is 2. The molecule has 1 aromatic rings. The van der Waals surface area contributed by atoms with Gasteiger partial charge in [0, 0.05) is 10.7 Å². The predicted molar refractivity (Wildman–Crippen MR) is 79.6 cm³/mol. The minimum atomic E-state index is -0.635. The number of hydrogen-bond donors (Lipinski definition) is 1. The molecule has 1 aromatic carbocycles. The summed E-state index contributed by atoms with van der Waals surface area (Å²) in [6.45, 7) is 3.83. The molecular formula is C13H14BrClN2O. The van der Waals surface area contributed by atoms with Gasteiger partial charge in [-0.1, -0.05) is 40.5 Å². The van der Waals surface area contributed by atoms with Crippen molar-refractivity contribution in [1.82, 2.24) is 0 Å². The SMILES string of the molecule is CCC=N/C(C(N)=O)=C(/Cl)c1cc(Br)ccc1C. The highest BCUT2D eigenvalue weighted by molar-refractivity contribution is 9.10.